The van der Waals surface area contributed by atoms with Gasteiger partial charge in [-0.05, 0) is 61.2 Å². The van der Waals surface area contributed by atoms with E-state index in [-0.39, 0.29) is 0 Å². The molecule has 3 saturated heterocycles. The van der Waals surface area contributed by atoms with Crippen molar-refractivity contribution in [2.75, 3.05) is 45.7 Å². The largest absolute Gasteiger partial charge is 0.497 e. The molecule has 0 saturated carbocycles. The zero-order valence-corrected chi connectivity index (χ0v) is 20.9. The van der Waals surface area contributed by atoms with Gasteiger partial charge < -0.3 is 15.0 Å². The number of anilines is 1. The number of nitrogens with zero attached hydrogens (tertiary/aromatic N) is 4. The number of benzene rings is 2. The van der Waals surface area contributed by atoms with Crippen molar-refractivity contribution >= 4 is 5.69 Å². The number of rotatable bonds is 8. The van der Waals surface area contributed by atoms with Crippen molar-refractivity contribution in [2.24, 2.45) is 13.0 Å². The zero-order chi connectivity index (χ0) is 23.7. The van der Waals surface area contributed by atoms with Gasteiger partial charge in [-0.15, -0.1) is 0 Å². The third-order valence-corrected chi connectivity index (χ3v) is 7.72. The number of piperidine rings is 3. The van der Waals surface area contributed by atoms with Crippen LogP contribution < -0.4 is 15.0 Å². The van der Waals surface area contributed by atoms with Crippen molar-refractivity contribution < 1.29 is 4.74 Å². The highest BCUT2D eigenvalue weighted by molar-refractivity contribution is 5.63. The standard InChI is InChI=1S/C28H37N5O/c1-31(2)23-9-7-21(8-10-23)27-16-28(32(3)30-27)26-19-33-14-13-22(26)15-24(33)18-29-17-20-5-11-25(34-4)12-6-20/h5-12,16,22,24,26,29H,13-15,17-19H2,1-4H3. The molecule has 6 rings (SSSR count). The Hall–Kier alpha value is -2.83. The van der Waals surface area contributed by atoms with E-state index in [1.54, 1.807) is 7.11 Å². The van der Waals surface area contributed by atoms with E-state index in [4.69, 9.17) is 9.84 Å². The molecule has 3 aromatic rings. The van der Waals surface area contributed by atoms with E-state index in [1.807, 2.05) is 12.1 Å². The van der Waals surface area contributed by atoms with Crippen LogP contribution in [0, 0.1) is 5.92 Å². The molecule has 0 aliphatic carbocycles. The van der Waals surface area contributed by atoms with Crippen LogP contribution >= 0.6 is 0 Å². The predicted octanol–water partition coefficient (Wildman–Crippen LogP) is 4.13. The number of nitrogens with one attached hydrogen (secondary N) is 1. The molecule has 6 nitrogen and oxygen atoms in total. The third-order valence-electron chi connectivity index (χ3n) is 7.72. The molecule has 4 heterocycles. The van der Waals surface area contributed by atoms with Crippen molar-refractivity contribution in [3.8, 4) is 17.0 Å². The Balaban J connectivity index is 1.21. The van der Waals surface area contributed by atoms with Gasteiger partial charge in [-0.3, -0.25) is 9.58 Å². The summed E-state index contributed by atoms with van der Waals surface area (Å²) in [5, 5.41) is 8.59. The van der Waals surface area contributed by atoms with Crippen LogP contribution in [0.2, 0.25) is 0 Å². The fraction of sp³-hybridized carbons (Fsp3) is 0.464. The van der Waals surface area contributed by atoms with Crippen molar-refractivity contribution in [2.45, 2.75) is 31.3 Å². The fourth-order valence-electron chi connectivity index (χ4n) is 5.71. The van der Waals surface area contributed by atoms with Crippen LogP contribution in [0.25, 0.3) is 11.3 Å². The molecule has 2 aromatic carbocycles. The molecule has 2 bridgehead atoms. The summed E-state index contributed by atoms with van der Waals surface area (Å²) in [5.74, 6) is 2.21. The topological polar surface area (TPSA) is 45.6 Å². The van der Waals surface area contributed by atoms with E-state index in [2.05, 4.69) is 83.4 Å². The summed E-state index contributed by atoms with van der Waals surface area (Å²) in [6.07, 6.45) is 2.55. The molecular weight excluding hydrogens is 422 g/mol. The van der Waals surface area contributed by atoms with E-state index in [9.17, 15) is 0 Å². The summed E-state index contributed by atoms with van der Waals surface area (Å²) in [7, 11) is 7.97. The van der Waals surface area contributed by atoms with Crippen LogP contribution in [0.1, 0.15) is 30.0 Å². The Morgan fingerprint density at radius 1 is 1.09 bits per heavy atom. The van der Waals surface area contributed by atoms with E-state index in [1.165, 1.54) is 41.9 Å². The van der Waals surface area contributed by atoms with Gasteiger partial charge in [-0.1, -0.05) is 24.3 Å². The summed E-state index contributed by atoms with van der Waals surface area (Å²) >= 11 is 0. The molecule has 1 aromatic heterocycles. The Kier molecular flexibility index (Phi) is 6.61. The zero-order valence-electron chi connectivity index (χ0n) is 20.9. The van der Waals surface area contributed by atoms with E-state index >= 15 is 0 Å². The summed E-state index contributed by atoms with van der Waals surface area (Å²) < 4.78 is 7.39. The smallest absolute Gasteiger partial charge is 0.118 e. The average molecular weight is 460 g/mol. The van der Waals surface area contributed by atoms with Crippen LogP contribution in [-0.4, -0.2) is 61.6 Å². The molecule has 0 amide bonds. The molecule has 3 aliphatic heterocycles. The number of hydrogen-bond acceptors (Lipinski definition) is 5. The summed E-state index contributed by atoms with van der Waals surface area (Å²) in [4.78, 5) is 4.83. The van der Waals surface area contributed by atoms with Crippen LogP contribution in [0.3, 0.4) is 0 Å². The summed E-state index contributed by atoms with van der Waals surface area (Å²) in [5.41, 5.74) is 6.16. The van der Waals surface area contributed by atoms with E-state index in [0.29, 0.717) is 12.0 Å². The van der Waals surface area contributed by atoms with Crippen LogP contribution in [0.4, 0.5) is 5.69 Å². The van der Waals surface area contributed by atoms with Gasteiger partial charge in [-0.2, -0.15) is 5.10 Å². The van der Waals surface area contributed by atoms with Gasteiger partial charge in [0.1, 0.15) is 5.75 Å². The lowest BCUT2D eigenvalue weighted by molar-refractivity contribution is 0.0282. The van der Waals surface area contributed by atoms with Crippen LogP contribution in [0.5, 0.6) is 5.75 Å². The second-order valence-electron chi connectivity index (χ2n) is 10.0. The summed E-state index contributed by atoms with van der Waals surface area (Å²) in [6.45, 7) is 4.30. The Morgan fingerprint density at radius 2 is 1.85 bits per heavy atom. The number of aromatic nitrogens is 2. The Labute approximate surface area is 203 Å². The molecule has 1 N–H and O–H groups in total. The maximum atomic E-state index is 5.26. The average Bonchev–Trinajstić information content (AvgIpc) is 3.26. The first-order valence-electron chi connectivity index (χ1n) is 12.4. The highest BCUT2D eigenvalue weighted by Crippen LogP contribution is 2.42. The number of fused-ring (bicyclic) bond motifs is 3. The monoisotopic (exact) mass is 459 g/mol. The first-order valence-corrected chi connectivity index (χ1v) is 12.4. The quantitative estimate of drug-likeness (QED) is 0.549. The van der Waals surface area contributed by atoms with Crippen LogP contribution in [0.15, 0.2) is 54.6 Å². The second kappa shape index (κ2) is 9.80. The fourth-order valence-corrected chi connectivity index (χ4v) is 5.71. The SMILES string of the molecule is COc1ccc(CNCC2CC3CCN2CC3c2cc(-c3ccc(N(C)C)cc3)nn2C)cc1. The normalized spacial score (nSPS) is 23.8. The molecule has 0 spiro atoms. The minimum Gasteiger partial charge on any atom is -0.497 e. The molecule has 0 radical (unpaired) electrons. The minimum atomic E-state index is 0.568. The van der Waals surface area contributed by atoms with E-state index < -0.39 is 0 Å². The van der Waals surface area contributed by atoms with Gasteiger partial charge in [0.15, 0.2) is 0 Å². The number of methoxy groups -OCH3 is 1. The lowest BCUT2D eigenvalue weighted by Gasteiger charge is -2.50. The highest BCUT2D eigenvalue weighted by atomic mass is 16.5. The van der Waals surface area contributed by atoms with E-state index in [0.717, 1.165) is 37.0 Å². The molecule has 180 valence electrons. The molecule has 3 aliphatic rings. The number of hydrogen-bond donors (Lipinski definition) is 1. The van der Waals surface area contributed by atoms with Crippen molar-refractivity contribution in [1.29, 1.82) is 0 Å². The summed E-state index contributed by atoms with van der Waals surface area (Å²) in [6, 6.07) is 20.0. The highest BCUT2D eigenvalue weighted by Gasteiger charge is 2.41. The maximum absolute atomic E-state index is 5.26. The van der Waals surface area contributed by atoms with Gasteiger partial charge in [-0.25, -0.2) is 0 Å². The van der Waals surface area contributed by atoms with Gasteiger partial charge in [0, 0.05) is 69.7 Å². The van der Waals surface area contributed by atoms with Gasteiger partial charge >= 0.3 is 0 Å². The Bertz CT molecular complexity index is 1090. The van der Waals surface area contributed by atoms with Gasteiger partial charge in [0.25, 0.3) is 0 Å². The molecule has 6 heteroatoms. The predicted molar refractivity (Wildman–Crippen MR) is 138 cm³/mol. The molecule has 3 fully saturated rings. The van der Waals surface area contributed by atoms with Gasteiger partial charge in [0.05, 0.1) is 12.8 Å². The second-order valence-corrected chi connectivity index (χ2v) is 10.0. The number of ether oxygens (including phenoxy) is 1. The van der Waals surface area contributed by atoms with Gasteiger partial charge in [0.2, 0.25) is 0 Å². The lowest BCUT2D eigenvalue weighted by Crippen LogP contribution is -2.55. The molecule has 4 unspecified atom stereocenters. The molecular formula is C28H37N5O. The molecule has 34 heavy (non-hydrogen) atoms. The van der Waals surface area contributed by atoms with Crippen molar-refractivity contribution in [3.05, 3.63) is 65.9 Å². The lowest BCUT2D eigenvalue weighted by atomic mass is 9.74. The molecule has 4 atom stereocenters. The number of aryl methyl sites for hydroxylation is 1. The Morgan fingerprint density at radius 3 is 2.50 bits per heavy atom. The van der Waals surface area contributed by atoms with Crippen molar-refractivity contribution in [3.63, 3.8) is 0 Å². The van der Waals surface area contributed by atoms with Crippen LogP contribution in [-0.2, 0) is 13.6 Å². The third kappa shape index (κ3) is 4.70. The minimum absolute atomic E-state index is 0.568. The first kappa shape index (κ1) is 22.9. The maximum Gasteiger partial charge on any atom is 0.118 e. The first-order chi connectivity index (χ1) is 16.5. The van der Waals surface area contributed by atoms with Crippen molar-refractivity contribution in [1.82, 2.24) is 20.0 Å².